The number of piperidine rings is 2. The number of nitrogens with one attached hydrogen (secondary N) is 1. The minimum Gasteiger partial charge on any atom is -0.490 e. The maximum absolute atomic E-state index is 15.2. The van der Waals surface area contributed by atoms with Gasteiger partial charge in [0.2, 0.25) is 0 Å². The van der Waals surface area contributed by atoms with E-state index < -0.39 is 11.9 Å². The summed E-state index contributed by atoms with van der Waals surface area (Å²) < 4.78 is 20.8. The predicted octanol–water partition coefficient (Wildman–Crippen LogP) is 5.44. The lowest BCUT2D eigenvalue weighted by Gasteiger charge is -2.46. The number of aromatic nitrogens is 1. The Morgan fingerprint density at radius 3 is 2.46 bits per heavy atom. The second kappa shape index (κ2) is 11.7. The first-order valence-electron chi connectivity index (χ1n) is 14.0. The van der Waals surface area contributed by atoms with E-state index in [9.17, 15) is 9.59 Å². The molecule has 2 amide bonds. The summed E-state index contributed by atoms with van der Waals surface area (Å²) >= 11 is 6.20. The van der Waals surface area contributed by atoms with Gasteiger partial charge in [0, 0.05) is 68.3 Å². The molecule has 10 heteroatoms. The molecule has 1 spiro atoms. The van der Waals surface area contributed by atoms with Gasteiger partial charge in [-0.15, -0.1) is 5.06 Å². The van der Waals surface area contributed by atoms with E-state index in [0.717, 1.165) is 44.5 Å². The van der Waals surface area contributed by atoms with E-state index in [1.165, 1.54) is 6.07 Å². The lowest BCUT2D eigenvalue weighted by atomic mass is 9.71. The highest BCUT2D eigenvalue weighted by molar-refractivity contribution is 6.33. The molecule has 1 N–H and O–H groups in total. The van der Waals surface area contributed by atoms with Gasteiger partial charge in [-0.2, -0.15) is 0 Å². The molecule has 0 radical (unpaired) electrons. The van der Waals surface area contributed by atoms with E-state index >= 15 is 4.39 Å². The first-order chi connectivity index (χ1) is 19.9. The summed E-state index contributed by atoms with van der Waals surface area (Å²) in [5.41, 5.74) is 1.25. The molecule has 2 fully saturated rings. The molecular weight excluding hydrogens is 547 g/mol. The molecule has 3 aliphatic heterocycles. The molecule has 0 bridgehead atoms. The normalized spacial score (nSPS) is 20.1. The van der Waals surface area contributed by atoms with Gasteiger partial charge in [0.15, 0.2) is 17.3 Å². The van der Waals surface area contributed by atoms with Gasteiger partial charge in [0.25, 0.3) is 11.8 Å². The van der Waals surface area contributed by atoms with Crippen molar-refractivity contribution in [3.05, 3.63) is 88.5 Å². The van der Waals surface area contributed by atoms with Gasteiger partial charge in [-0.1, -0.05) is 23.7 Å². The number of fused-ring (bicyclic) bond motifs is 1. The Morgan fingerprint density at radius 2 is 1.73 bits per heavy atom. The van der Waals surface area contributed by atoms with Gasteiger partial charge in [0.05, 0.1) is 23.2 Å². The van der Waals surface area contributed by atoms with Crippen LogP contribution in [0.25, 0.3) is 0 Å². The first-order valence-corrected chi connectivity index (χ1v) is 14.4. The number of benzene rings is 2. The van der Waals surface area contributed by atoms with Crippen LogP contribution in [0.5, 0.6) is 11.5 Å². The van der Waals surface area contributed by atoms with E-state index in [4.69, 9.17) is 21.2 Å². The molecule has 214 valence electrons. The number of hydrogen-bond donors (Lipinski definition) is 1. The number of ether oxygens (including phenoxy) is 1. The highest BCUT2D eigenvalue weighted by atomic mass is 35.5. The van der Waals surface area contributed by atoms with Crippen molar-refractivity contribution in [3.8, 4) is 11.5 Å². The molecule has 4 heterocycles. The minimum atomic E-state index is -0.599. The zero-order chi connectivity index (χ0) is 28.4. The summed E-state index contributed by atoms with van der Waals surface area (Å²) in [5.74, 6) is -0.302. The second-order valence-corrected chi connectivity index (χ2v) is 11.4. The Bertz CT molecular complexity index is 1420. The lowest BCUT2D eigenvalue weighted by molar-refractivity contribution is -0.106. The van der Waals surface area contributed by atoms with E-state index in [2.05, 4.69) is 10.3 Å². The largest absolute Gasteiger partial charge is 0.490 e. The number of carbonyl (C=O) groups is 2. The summed E-state index contributed by atoms with van der Waals surface area (Å²) in [6, 6.07) is 12.9. The quantitative estimate of drug-likeness (QED) is 0.434. The molecule has 41 heavy (non-hydrogen) atoms. The van der Waals surface area contributed by atoms with Crippen LogP contribution in [0, 0.1) is 11.2 Å². The summed E-state index contributed by atoms with van der Waals surface area (Å²) in [5, 5.41) is 5.28. The highest BCUT2D eigenvalue weighted by Crippen LogP contribution is 2.42. The van der Waals surface area contributed by atoms with Gasteiger partial charge < -0.3 is 19.8 Å². The smallest absolute Gasteiger partial charge is 0.253 e. The fourth-order valence-electron chi connectivity index (χ4n) is 6.08. The molecule has 2 aromatic carbocycles. The molecule has 0 unspecified atom stereocenters. The molecular formula is C31H32ClFN4O4. The van der Waals surface area contributed by atoms with Crippen molar-refractivity contribution in [2.75, 3.05) is 32.8 Å². The average molecular weight is 579 g/mol. The minimum absolute atomic E-state index is 0.0793. The van der Waals surface area contributed by atoms with E-state index in [-0.39, 0.29) is 35.1 Å². The average Bonchev–Trinajstić information content (AvgIpc) is 2.99. The predicted molar refractivity (Wildman–Crippen MR) is 151 cm³/mol. The van der Waals surface area contributed by atoms with Gasteiger partial charge in [-0.05, 0) is 55.4 Å². The fourth-order valence-corrected chi connectivity index (χ4v) is 6.30. The maximum atomic E-state index is 15.2. The monoisotopic (exact) mass is 578 g/mol. The van der Waals surface area contributed by atoms with Crippen LogP contribution in [-0.2, 0) is 0 Å². The van der Waals surface area contributed by atoms with Gasteiger partial charge in [-0.3, -0.25) is 14.6 Å². The molecule has 0 aliphatic carbocycles. The lowest BCUT2D eigenvalue weighted by Crippen LogP contribution is -2.48. The summed E-state index contributed by atoms with van der Waals surface area (Å²) in [4.78, 5) is 38.3. The van der Waals surface area contributed by atoms with Crippen molar-refractivity contribution < 1.29 is 23.6 Å². The van der Waals surface area contributed by atoms with Gasteiger partial charge >= 0.3 is 0 Å². The van der Waals surface area contributed by atoms with E-state index in [1.807, 2.05) is 22.1 Å². The number of hydroxylamine groups is 2. The van der Waals surface area contributed by atoms with Gasteiger partial charge in [-0.25, -0.2) is 4.39 Å². The molecule has 1 aromatic heterocycles. The molecule has 2 saturated heterocycles. The zero-order valence-electron chi connectivity index (χ0n) is 22.7. The van der Waals surface area contributed by atoms with Crippen molar-refractivity contribution >= 4 is 23.4 Å². The van der Waals surface area contributed by atoms with Crippen LogP contribution in [0.2, 0.25) is 5.02 Å². The Balaban J connectivity index is 1.10. The molecule has 0 saturated carbocycles. The molecule has 3 aromatic rings. The number of rotatable bonds is 5. The molecule has 6 rings (SSSR count). The summed E-state index contributed by atoms with van der Waals surface area (Å²) in [7, 11) is 0. The third-order valence-corrected chi connectivity index (χ3v) is 8.88. The van der Waals surface area contributed by atoms with Crippen LogP contribution in [0.3, 0.4) is 0 Å². The van der Waals surface area contributed by atoms with Crippen molar-refractivity contribution in [2.24, 2.45) is 5.41 Å². The zero-order valence-corrected chi connectivity index (χ0v) is 23.4. The van der Waals surface area contributed by atoms with Crippen LogP contribution in [-0.4, -0.2) is 59.5 Å². The Kier molecular flexibility index (Phi) is 7.81. The van der Waals surface area contributed by atoms with E-state index in [1.54, 1.807) is 42.7 Å². The van der Waals surface area contributed by atoms with Crippen molar-refractivity contribution in [1.82, 2.24) is 20.3 Å². The molecule has 1 atom stereocenters. The topological polar surface area (TPSA) is 84.0 Å². The van der Waals surface area contributed by atoms with Crippen molar-refractivity contribution in [3.63, 3.8) is 0 Å². The number of likely N-dealkylation sites (tertiary alicyclic amines) is 1. The number of pyridine rings is 1. The van der Waals surface area contributed by atoms with Crippen LogP contribution in [0.15, 0.2) is 60.9 Å². The fraction of sp³-hybridized carbons (Fsp3) is 0.387. The Morgan fingerprint density at radius 1 is 1.02 bits per heavy atom. The number of amides is 2. The van der Waals surface area contributed by atoms with Gasteiger partial charge in [0.1, 0.15) is 0 Å². The second-order valence-electron chi connectivity index (χ2n) is 11.0. The highest BCUT2D eigenvalue weighted by Gasteiger charge is 2.39. The SMILES string of the molecule is O=C(N[C@@H]1CCOc2c(F)cc(C(=O)N3CCC4(CCN(Oc5ccncc5)CC4)CC3)cc21)c1ccccc1Cl. The molecule has 8 nitrogen and oxygen atoms in total. The van der Waals surface area contributed by atoms with Crippen LogP contribution >= 0.6 is 11.6 Å². The standard InChI is InChI=1S/C31H32ClFN4O4/c32-25-4-2-1-3-23(25)29(38)35-27-7-18-40-28-24(27)19-21(20-26(28)33)30(39)36-14-8-31(9-15-36)10-16-37(17-11-31)41-22-5-12-34-13-6-22/h1-6,12-13,19-20,27H,7-11,14-18H2,(H,35,38)/t27-/m1/s1. The van der Waals surface area contributed by atoms with Crippen LogP contribution in [0.4, 0.5) is 4.39 Å². The number of nitrogens with zero attached hydrogens (tertiary/aromatic N) is 3. The number of carbonyl (C=O) groups excluding carboxylic acids is 2. The molecule has 3 aliphatic rings. The van der Waals surface area contributed by atoms with Crippen LogP contribution in [0.1, 0.15) is 64.4 Å². The number of hydrogen-bond acceptors (Lipinski definition) is 6. The van der Waals surface area contributed by atoms with Crippen molar-refractivity contribution in [1.29, 1.82) is 0 Å². The van der Waals surface area contributed by atoms with E-state index in [0.29, 0.717) is 35.7 Å². The maximum Gasteiger partial charge on any atom is 0.253 e. The Hall–Kier alpha value is -3.69. The summed E-state index contributed by atoms with van der Waals surface area (Å²) in [6.45, 7) is 3.14. The first kappa shape index (κ1) is 27.5. The van der Waals surface area contributed by atoms with Crippen LogP contribution < -0.4 is 14.9 Å². The number of halogens is 2. The third kappa shape index (κ3) is 5.87. The van der Waals surface area contributed by atoms with Crippen molar-refractivity contribution in [2.45, 2.75) is 38.1 Å². The third-order valence-electron chi connectivity index (χ3n) is 8.55. The summed E-state index contributed by atoms with van der Waals surface area (Å²) in [6.07, 6.45) is 7.67. The Labute approximate surface area is 243 Å².